The molecular formula is C16H21N3OS. The van der Waals surface area contributed by atoms with Gasteiger partial charge in [-0.3, -0.25) is 4.79 Å². The fourth-order valence-corrected chi connectivity index (χ4v) is 3.38. The fourth-order valence-electron chi connectivity index (χ4n) is 2.29. The molecule has 5 heteroatoms. The molecule has 1 aromatic heterocycles. The Morgan fingerprint density at radius 2 is 2.05 bits per heavy atom. The van der Waals surface area contributed by atoms with Crippen molar-refractivity contribution in [2.45, 2.75) is 37.2 Å². The van der Waals surface area contributed by atoms with Crippen LogP contribution in [0.1, 0.15) is 31.1 Å². The van der Waals surface area contributed by atoms with Crippen molar-refractivity contribution < 1.29 is 0 Å². The topological polar surface area (TPSA) is 57.8 Å². The molecule has 2 rings (SSSR count). The van der Waals surface area contributed by atoms with Crippen molar-refractivity contribution in [1.82, 2.24) is 15.3 Å². The van der Waals surface area contributed by atoms with Crippen molar-refractivity contribution in [1.29, 1.82) is 0 Å². The molecule has 0 amide bonds. The molecule has 0 saturated heterocycles. The second kappa shape index (κ2) is 7.43. The van der Waals surface area contributed by atoms with Gasteiger partial charge in [0.05, 0.1) is 0 Å². The summed E-state index contributed by atoms with van der Waals surface area (Å²) < 4.78 is 0. The van der Waals surface area contributed by atoms with Crippen molar-refractivity contribution in [3.63, 3.8) is 0 Å². The van der Waals surface area contributed by atoms with Crippen molar-refractivity contribution in [3.05, 3.63) is 58.0 Å². The van der Waals surface area contributed by atoms with Crippen molar-refractivity contribution in [2.24, 2.45) is 0 Å². The van der Waals surface area contributed by atoms with Gasteiger partial charge >= 0.3 is 0 Å². The number of hydrogen-bond donors (Lipinski definition) is 2. The van der Waals surface area contributed by atoms with Gasteiger partial charge in [-0.1, -0.05) is 55.9 Å². The lowest BCUT2D eigenvalue weighted by Gasteiger charge is -2.24. The molecule has 21 heavy (non-hydrogen) atoms. The number of benzene rings is 1. The number of rotatable bonds is 6. The van der Waals surface area contributed by atoms with E-state index in [1.165, 1.54) is 11.6 Å². The smallest absolute Gasteiger partial charge is 0.251 e. The van der Waals surface area contributed by atoms with E-state index in [1.54, 1.807) is 11.8 Å². The number of aryl methyl sites for hydroxylation is 1. The first-order valence-corrected chi connectivity index (χ1v) is 8.01. The lowest BCUT2D eigenvalue weighted by atomic mass is 10.0. The molecule has 1 aromatic carbocycles. The molecule has 0 bridgehead atoms. The third-order valence-corrected chi connectivity index (χ3v) is 4.26. The van der Waals surface area contributed by atoms with E-state index >= 15 is 0 Å². The minimum absolute atomic E-state index is 0.100. The highest BCUT2D eigenvalue weighted by Crippen LogP contribution is 2.29. The van der Waals surface area contributed by atoms with Crippen LogP contribution in [0.2, 0.25) is 0 Å². The summed E-state index contributed by atoms with van der Waals surface area (Å²) in [5, 5.41) is 4.43. The van der Waals surface area contributed by atoms with E-state index < -0.39 is 0 Å². The lowest BCUT2D eigenvalue weighted by Crippen LogP contribution is -2.28. The van der Waals surface area contributed by atoms with Crippen LogP contribution in [-0.4, -0.2) is 21.8 Å². The summed E-state index contributed by atoms with van der Waals surface area (Å²) in [4.78, 5) is 18.7. The molecule has 4 nitrogen and oxygen atoms in total. The fraction of sp³-hybridized carbons (Fsp3) is 0.375. The van der Waals surface area contributed by atoms with E-state index in [9.17, 15) is 4.79 Å². The molecular weight excluding hydrogens is 282 g/mol. The monoisotopic (exact) mass is 303 g/mol. The third-order valence-electron chi connectivity index (χ3n) is 3.20. The summed E-state index contributed by atoms with van der Waals surface area (Å²) in [5.74, 6) is 0. The Morgan fingerprint density at radius 1 is 1.33 bits per heavy atom. The zero-order chi connectivity index (χ0) is 15.2. The molecule has 0 aliphatic carbocycles. The average Bonchev–Trinajstić information content (AvgIpc) is 2.44. The Balaban J connectivity index is 2.19. The number of aromatic nitrogens is 2. The van der Waals surface area contributed by atoms with Gasteiger partial charge in [0.2, 0.25) is 0 Å². The number of thioether (sulfide) groups is 1. The predicted molar refractivity (Wildman–Crippen MR) is 87.8 cm³/mol. The Bertz CT molecular complexity index is 627. The number of H-pyrrole nitrogens is 1. The van der Waals surface area contributed by atoms with Gasteiger partial charge in [-0.15, -0.1) is 0 Å². The first-order chi connectivity index (χ1) is 10.1. The number of hydrogen-bond acceptors (Lipinski definition) is 4. The van der Waals surface area contributed by atoms with Crippen LogP contribution in [0.4, 0.5) is 0 Å². The number of nitrogens with one attached hydrogen (secondary N) is 2. The normalized spacial score (nSPS) is 13.9. The molecule has 0 aliphatic rings. The van der Waals surface area contributed by atoms with Gasteiger partial charge in [-0.25, -0.2) is 4.98 Å². The summed E-state index contributed by atoms with van der Waals surface area (Å²) in [5.41, 5.74) is 1.89. The van der Waals surface area contributed by atoms with Gasteiger partial charge in [-0.2, -0.15) is 0 Å². The summed E-state index contributed by atoms with van der Waals surface area (Å²) >= 11 is 1.59. The summed E-state index contributed by atoms with van der Waals surface area (Å²) in [6.07, 6.45) is 0. The second-order valence-electron chi connectivity index (χ2n) is 4.96. The first-order valence-electron chi connectivity index (χ1n) is 7.13. The highest BCUT2D eigenvalue weighted by atomic mass is 32.2. The van der Waals surface area contributed by atoms with Gasteiger partial charge in [0, 0.05) is 23.1 Å². The van der Waals surface area contributed by atoms with E-state index in [0.717, 1.165) is 12.2 Å². The molecule has 2 N–H and O–H groups in total. The van der Waals surface area contributed by atoms with Gasteiger partial charge < -0.3 is 10.3 Å². The van der Waals surface area contributed by atoms with E-state index in [-0.39, 0.29) is 16.9 Å². The van der Waals surface area contributed by atoms with E-state index in [4.69, 9.17) is 0 Å². The average molecular weight is 303 g/mol. The maximum Gasteiger partial charge on any atom is 0.251 e. The maximum atomic E-state index is 11.5. The van der Waals surface area contributed by atoms with Crippen LogP contribution in [0.25, 0.3) is 0 Å². The standard InChI is InChI=1S/C16H21N3OS/c1-4-17-15(13-8-6-5-7-9-13)12(3)21-16-18-11(2)10-14(20)19-16/h5-10,12,15,17H,4H2,1-3H3,(H,18,19,20). The zero-order valence-electron chi connectivity index (χ0n) is 12.6. The predicted octanol–water partition coefficient (Wildman–Crippen LogP) is 2.91. The molecule has 0 spiro atoms. The molecule has 1 heterocycles. The van der Waals surface area contributed by atoms with E-state index in [1.807, 2.05) is 25.1 Å². The van der Waals surface area contributed by atoms with E-state index in [0.29, 0.717) is 5.16 Å². The summed E-state index contributed by atoms with van der Waals surface area (Å²) in [6.45, 7) is 6.97. The van der Waals surface area contributed by atoms with Crippen LogP contribution >= 0.6 is 11.8 Å². The van der Waals surface area contributed by atoms with Crippen LogP contribution < -0.4 is 10.9 Å². The van der Waals surface area contributed by atoms with Crippen LogP contribution in [0.5, 0.6) is 0 Å². The maximum absolute atomic E-state index is 11.5. The molecule has 112 valence electrons. The minimum atomic E-state index is -0.100. The molecule has 0 saturated carbocycles. The highest BCUT2D eigenvalue weighted by molar-refractivity contribution is 7.99. The van der Waals surface area contributed by atoms with Crippen molar-refractivity contribution >= 4 is 11.8 Å². The van der Waals surface area contributed by atoms with Crippen LogP contribution in [0.15, 0.2) is 46.3 Å². The minimum Gasteiger partial charge on any atom is -0.309 e. The summed E-state index contributed by atoms with van der Waals surface area (Å²) in [7, 11) is 0. The van der Waals surface area contributed by atoms with E-state index in [2.05, 4.69) is 41.3 Å². The molecule has 0 radical (unpaired) electrons. The lowest BCUT2D eigenvalue weighted by molar-refractivity contribution is 0.547. The SMILES string of the molecule is CCNC(c1ccccc1)C(C)Sc1nc(C)cc(=O)[nH]1. The molecule has 0 fully saturated rings. The molecule has 2 unspecified atom stereocenters. The third kappa shape index (κ3) is 4.44. The number of nitrogens with zero attached hydrogens (tertiary/aromatic N) is 1. The zero-order valence-corrected chi connectivity index (χ0v) is 13.4. The quantitative estimate of drug-likeness (QED) is 0.636. The first kappa shape index (κ1) is 15.8. The Hall–Kier alpha value is -1.59. The molecule has 0 aliphatic heterocycles. The molecule has 2 atom stereocenters. The Kier molecular flexibility index (Phi) is 5.59. The number of aromatic amines is 1. The molecule has 2 aromatic rings. The van der Waals surface area contributed by atoms with Crippen molar-refractivity contribution in [3.8, 4) is 0 Å². The van der Waals surface area contributed by atoms with Gasteiger partial charge in [0.15, 0.2) is 5.16 Å². The van der Waals surface area contributed by atoms with Crippen LogP contribution in [-0.2, 0) is 0 Å². The highest BCUT2D eigenvalue weighted by Gasteiger charge is 2.20. The summed E-state index contributed by atoms with van der Waals surface area (Å²) in [6, 6.07) is 12.1. The largest absolute Gasteiger partial charge is 0.309 e. The van der Waals surface area contributed by atoms with Crippen molar-refractivity contribution in [2.75, 3.05) is 6.54 Å². The van der Waals surface area contributed by atoms with Gasteiger partial charge in [-0.05, 0) is 19.0 Å². The van der Waals surface area contributed by atoms with Gasteiger partial charge in [0.1, 0.15) is 0 Å². The van der Waals surface area contributed by atoms with Gasteiger partial charge in [0.25, 0.3) is 5.56 Å². The Labute approximate surface area is 129 Å². The van der Waals surface area contributed by atoms with Crippen LogP contribution in [0, 0.1) is 6.92 Å². The Morgan fingerprint density at radius 3 is 2.67 bits per heavy atom. The van der Waals surface area contributed by atoms with Crippen LogP contribution in [0.3, 0.4) is 0 Å². The second-order valence-corrected chi connectivity index (χ2v) is 6.33.